The van der Waals surface area contributed by atoms with Gasteiger partial charge in [0.05, 0.1) is 24.7 Å². The third-order valence-electron chi connectivity index (χ3n) is 4.49. The van der Waals surface area contributed by atoms with Gasteiger partial charge in [0.1, 0.15) is 25.6 Å². The van der Waals surface area contributed by atoms with Gasteiger partial charge in [0, 0.05) is 11.4 Å². The quantitative estimate of drug-likeness (QED) is 0.664. The SMILES string of the molecule is CC(=O)OC(C(Cc1ccc(Br)cc1)n1cncn1)C1(C)COCOC1. The molecule has 1 aliphatic rings. The van der Waals surface area contributed by atoms with Crippen LogP contribution in [0.25, 0.3) is 0 Å². The molecule has 2 unspecified atom stereocenters. The van der Waals surface area contributed by atoms with Crippen LogP contribution in [-0.2, 0) is 25.4 Å². The van der Waals surface area contributed by atoms with Crippen LogP contribution in [0.3, 0.4) is 0 Å². The summed E-state index contributed by atoms with van der Waals surface area (Å²) in [5.41, 5.74) is 0.614. The molecule has 1 aliphatic heterocycles. The summed E-state index contributed by atoms with van der Waals surface area (Å²) in [5.74, 6) is -0.345. The molecule has 1 aromatic heterocycles. The monoisotopic (exact) mass is 423 g/mol. The topological polar surface area (TPSA) is 75.5 Å². The first-order valence-corrected chi connectivity index (χ1v) is 9.18. The third-order valence-corrected chi connectivity index (χ3v) is 5.02. The maximum absolute atomic E-state index is 11.9. The fraction of sp³-hybridized carbons (Fsp3) is 0.500. The summed E-state index contributed by atoms with van der Waals surface area (Å²) in [6, 6.07) is 7.81. The summed E-state index contributed by atoms with van der Waals surface area (Å²) in [6.07, 6.45) is 3.28. The van der Waals surface area contributed by atoms with Crippen molar-refractivity contribution in [2.24, 2.45) is 5.41 Å². The van der Waals surface area contributed by atoms with E-state index in [0.717, 1.165) is 10.0 Å². The molecule has 0 bridgehead atoms. The Labute approximate surface area is 160 Å². The zero-order valence-electron chi connectivity index (χ0n) is 14.8. The van der Waals surface area contributed by atoms with Gasteiger partial charge in [0.15, 0.2) is 0 Å². The first-order valence-electron chi connectivity index (χ1n) is 8.39. The smallest absolute Gasteiger partial charge is 0.303 e. The maximum atomic E-state index is 11.9. The van der Waals surface area contributed by atoms with Crippen LogP contribution in [0.5, 0.6) is 0 Å². The van der Waals surface area contributed by atoms with Crippen molar-refractivity contribution in [3.8, 4) is 0 Å². The van der Waals surface area contributed by atoms with Gasteiger partial charge in [0.25, 0.3) is 0 Å². The number of hydrogen-bond acceptors (Lipinski definition) is 6. The third kappa shape index (κ3) is 4.49. The molecule has 26 heavy (non-hydrogen) atoms. The number of esters is 1. The summed E-state index contributed by atoms with van der Waals surface area (Å²) in [7, 11) is 0. The molecular formula is C18H22BrN3O4. The molecule has 0 N–H and O–H groups in total. The van der Waals surface area contributed by atoms with Crippen LogP contribution in [0.1, 0.15) is 25.5 Å². The number of carbonyl (C=O) groups is 1. The van der Waals surface area contributed by atoms with Crippen molar-refractivity contribution < 1.29 is 19.0 Å². The average Bonchev–Trinajstić information content (AvgIpc) is 3.14. The zero-order valence-corrected chi connectivity index (χ0v) is 16.4. The van der Waals surface area contributed by atoms with Crippen LogP contribution in [0.15, 0.2) is 41.4 Å². The summed E-state index contributed by atoms with van der Waals surface area (Å²) >= 11 is 3.45. The lowest BCUT2D eigenvalue weighted by molar-refractivity contribution is -0.208. The van der Waals surface area contributed by atoms with Crippen LogP contribution >= 0.6 is 15.9 Å². The number of aromatic nitrogens is 3. The highest BCUT2D eigenvalue weighted by Crippen LogP contribution is 2.36. The summed E-state index contributed by atoms with van der Waals surface area (Å²) in [6.45, 7) is 4.56. The Morgan fingerprint density at radius 1 is 1.35 bits per heavy atom. The Bertz CT molecular complexity index is 715. The van der Waals surface area contributed by atoms with E-state index in [1.165, 1.54) is 13.3 Å². The fourth-order valence-corrected chi connectivity index (χ4v) is 3.53. The van der Waals surface area contributed by atoms with Crippen molar-refractivity contribution in [3.05, 3.63) is 47.0 Å². The lowest BCUT2D eigenvalue weighted by atomic mass is 9.79. The molecular weight excluding hydrogens is 402 g/mol. The van der Waals surface area contributed by atoms with Crippen molar-refractivity contribution in [1.29, 1.82) is 0 Å². The van der Waals surface area contributed by atoms with E-state index in [2.05, 4.69) is 26.0 Å². The van der Waals surface area contributed by atoms with Gasteiger partial charge in [-0.05, 0) is 24.1 Å². The Kier molecular flexibility index (Phi) is 6.05. The molecule has 2 aromatic rings. The van der Waals surface area contributed by atoms with Gasteiger partial charge in [-0.15, -0.1) is 0 Å². The van der Waals surface area contributed by atoms with Gasteiger partial charge in [-0.1, -0.05) is 35.0 Å². The Hall–Kier alpha value is -1.77. The fourth-order valence-electron chi connectivity index (χ4n) is 3.27. The van der Waals surface area contributed by atoms with Crippen molar-refractivity contribution in [2.75, 3.05) is 20.0 Å². The van der Waals surface area contributed by atoms with E-state index in [1.807, 2.05) is 31.2 Å². The van der Waals surface area contributed by atoms with Gasteiger partial charge in [0.2, 0.25) is 0 Å². The van der Waals surface area contributed by atoms with Gasteiger partial charge in [-0.2, -0.15) is 5.10 Å². The van der Waals surface area contributed by atoms with E-state index >= 15 is 0 Å². The van der Waals surface area contributed by atoms with Crippen LogP contribution in [0.4, 0.5) is 0 Å². The molecule has 2 atom stereocenters. The minimum Gasteiger partial charge on any atom is -0.459 e. The van der Waals surface area contributed by atoms with Crippen molar-refractivity contribution in [2.45, 2.75) is 32.4 Å². The molecule has 140 valence electrons. The van der Waals surface area contributed by atoms with Crippen LogP contribution < -0.4 is 0 Å². The molecule has 3 rings (SSSR count). The molecule has 0 amide bonds. The second-order valence-electron chi connectivity index (χ2n) is 6.77. The molecule has 2 heterocycles. The predicted octanol–water partition coefficient (Wildman–Crippen LogP) is 2.77. The number of halogens is 1. The van der Waals surface area contributed by atoms with E-state index in [-0.39, 0.29) is 18.8 Å². The standard InChI is InChI=1S/C18H22BrN3O4/c1-13(23)26-17(18(2)8-24-12-25-9-18)16(22-11-20-10-21-22)7-14-3-5-15(19)6-4-14/h3-6,10-11,16-17H,7-9,12H2,1-2H3. The van der Waals surface area contributed by atoms with Crippen LogP contribution in [0.2, 0.25) is 0 Å². The first-order chi connectivity index (χ1) is 12.5. The lowest BCUT2D eigenvalue weighted by Gasteiger charge is -2.42. The second-order valence-corrected chi connectivity index (χ2v) is 7.69. The van der Waals surface area contributed by atoms with Crippen molar-refractivity contribution in [3.63, 3.8) is 0 Å². The van der Waals surface area contributed by atoms with E-state index < -0.39 is 11.5 Å². The Morgan fingerprint density at radius 3 is 2.62 bits per heavy atom. The van der Waals surface area contributed by atoms with Gasteiger partial charge >= 0.3 is 5.97 Å². The molecule has 1 aromatic carbocycles. The average molecular weight is 424 g/mol. The number of hydrogen-bond donors (Lipinski definition) is 0. The second kappa shape index (κ2) is 8.28. The van der Waals surface area contributed by atoms with E-state index in [9.17, 15) is 4.79 Å². The van der Waals surface area contributed by atoms with E-state index in [0.29, 0.717) is 19.6 Å². The number of carbonyl (C=O) groups excluding carboxylic acids is 1. The maximum Gasteiger partial charge on any atom is 0.303 e. The van der Waals surface area contributed by atoms with Gasteiger partial charge in [-0.25, -0.2) is 9.67 Å². The normalized spacial score (nSPS) is 18.9. The van der Waals surface area contributed by atoms with Crippen molar-refractivity contribution >= 4 is 21.9 Å². The minimum atomic E-state index is -0.490. The highest BCUT2D eigenvalue weighted by atomic mass is 79.9. The van der Waals surface area contributed by atoms with E-state index in [4.69, 9.17) is 14.2 Å². The van der Waals surface area contributed by atoms with Crippen LogP contribution in [0, 0.1) is 5.41 Å². The van der Waals surface area contributed by atoms with Gasteiger partial charge in [-0.3, -0.25) is 4.79 Å². The molecule has 8 heteroatoms. The number of nitrogens with zero attached hydrogens (tertiary/aromatic N) is 3. The molecule has 0 saturated carbocycles. The lowest BCUT2D eigenvalue weighted by Crippen LogP contribution is -2.50. The first kappa shape index (κ1) is 19.0. The number of ether oxygens (including phenoxy) is 3. The minimum absolute atomic E-state index is 0.238. The summed E-state index contributed by atoms with van der Waals surface area (Å²) in [5, 5.41) is 4.31. The van der Waals surface area contributed by atoms with Crippen molar-refractivity contribution in [1.82, 2.24) is 14.8 Å². The highest BCUT2D eigenvalue weighted by Gasteiger charge is 2.45. The summed E-state index contributed by atoms with van der Waals surface area (Å²) in [4.78, 5) is 15.9. The highest BCUT2D eigenvalue weighted by molar-refractivity contribution is 9.10. The largest absolute Gasteiger partial charge is 0.459 e. The predicted molar refractivity (Wildman–Crippen MR) is 97.3 cm³/mol. The van der Waals surface area contributed by atoms with Gasteiger partial charge < -0.3 is 14.2 Å². The number of benzene rings is 1. The molecule has 0 spiro atoms. The molecule has 0 radical (unpaired) electrons. The number of rotatable bonds is 6. The Balaban J connectivity index is 1.95. The zero-order chi connectivity index (χ0) is 18.6. The van der Waals surface area contributed by atoms with E-state index in [1.54, 1.807) is 11.0 Å². The molecule has 1 saturated heterocycles. The molecule has 0 aliphatic carbocycles. The summed E-state index contributed by atoms with van der Waals surface area (Å²) < 4.78 is 19.6. The molecule has 7 nitrogen and oxygen atoms in total. The Morgan fingerprint density at radius 2 is 2.04 bits per heavy atom. The molecule has 1 fully saturated rings. The van der Waals surface area contributed by atoms with Crippen LogP contribution in [-0.4, -0.2) is 46.8 Å².